The molecule has 0 fully saturated rings. The molecule has 3 rings (SSSR count). The van der Waals surface area contributed by atoms with Crippen molar-refractivity contribution in [2.24, 2.45) is 0 Å². The summed E-state index contributed by atoms with van der Waals surface area (Å²) in [6.45, 7) is 2.45. The fraction of sp³-hybridized carbons (Fsp3) is 0.222. The Labute approximate surface area is 164 Å². The fourth-order valence-electron chi connectivity index (χ4n) is 2.40. The van der Waals surface area contributed by atoms with Gasteiger partial charge in [0.05, 0.1) is 11.3 Å². The number of hydrogen-bond donors (Lipinski definition) is 3. The molecule has 0 unspecified atom stereocenters. The van der Waals surface area contributed by atoms with E-state index < -0.39 is 17.8 Å². The Balaban J connectivity index is 1.43. The molecule has 11 heteroatoms. The van der Waals surface area contributed by atoms with Crippen LogP contribution in [0.2, 0.25) is 0 Å². The van der Waals surface area contributed by atoms with Crippen LogP contribution in [0, 0.1) is 6.92 Å². The summed E-state index contributed by atoms with van der Waals surface area (Å²) in [5.41, 5.74) is 0.0911. The topological polar surface area (TPSA) is 96.8 Å². The van der Waals surface area contributed by atoms with Gasteiger partial charge in [-0.05, 0) is 43.3 Å². The second-order valence-corrected chi connectivity index (χ2v) is 6.06. The van der Waals surface area contributed by atoms with E-state index in [0.29, 0.717) is 18.2 Å². The third-order valence-corrected chi connectivity index (χ3v) is 3.77. The van der Waals surface area contributed by atoms with Crippen LogP contribution in [0.25, 0.3) is 5.82 Å². The SMILES string of the molecule is Cc1ccn(-c2ccc(NCCNC(=O)Nc3cccc(C(F)(F)F)c3)nn2)n1. The quantitative estimate of drug-likeness (QED) is 0.547. The first-order valence-corrected chi connectivity index (χ1v) is 8.63. The number of aryl methyl sites for hydroxylation is 1. The number of urea groups is 1. The Morgan fingerprint density at radius 1 is 1.10 bits per heavy atom. The summed E-state index contributed by atoms with van der Waals surface area (Å²) in [5, 5.41) is 20.2. The third kappa shape index (κ3) is 5.67. The van der Waals surface area contributed by atoms with E-state index >= 15 is 0 Å². The highest BCUT2D eigenvalue weighted by molar-refractivity contribution is 5.89. The molecule has 0 bridgehead atoms. The lowest BCUT2D eigenvalue weighted by atomic mass is 10.2. The molecule has 2 heterocycles. The molecule has 0 radical (unpaired) electrons. The van der Waals surface area contributed by atoms with Gasteiger partial charge in [0.25, 0.3) is 0 Å². The predicted molar refractivity (Wildman–Crippen MR) is 101 cm³/mol. The van der Waals surface area contributed by atoms with Crippen LogP contribution in [0.1, 0.15) is 11.3 Å². The van der Waals surface area contributed by atoms with Gasteiger partial charge in [0.2, 0.25) is 0 Å². The number of hydrogen-bond acceptors (Lipinski definition) is 5. The summed E-state index contributed by atoms with van der Waals surface area (Å²) in [4.78, 5) is 11.8. The first-order valence-electron chi connectivity index (χ1n) is 8.63. The number of nitrogens with one attached hydrogen (secondary N) is 3. The minimum Gasteiger partial charge on any atom is -0.367 e. The van der Waals surface area contributed by atoms with E-state index in [1.165, 1.54) is 12.1 Å². The third-order valence-electron chi connectivity index (χ3n) is 3.77. The van der Waals surface area contributed by atoms with Gasteiger partial charge < -0.3 is 16.0 Å². The van der Waals surface area contributed by atoms with Gasteiger partial charge in [-0.1, -0.05) is 6.07 Å². The minimum absolute atomic E-state index is 0.0561. The monoisotopic (exact) mass is 405 g/mol. The number of carbonyl (C=O) groups is 1. The molecule has 8 nitrogen and oxygen atoms in total. The lowest BCUT2D eigenvalue weighted by molar-refractivity contribution is -0.137. The molecule has 0 atom stereocenters. The Bertz CT molecular complexity index is 970. The van der Waals surface area contributed by atoms with Gasteiger partial charge >= 0.3 is 12.2 Å². The fourth-order valence-corrected chi connectivity index (χ4v) is 2.40. The van der Waals surface area contributed by atoms with Crippen molar-refractivity contribution in [1.29, 1.82) is 0 Å². The van der Waals surface area contributed by atoms with Crippen molar-refractivity contribution < 1.29 is 18.0 Å². The van der Waals surface area contributed by atoms with Crippen molar-refractivity contribution in [2.75, 3.05) is 23.7 Å². The number of benzene rings is 1. The molecule has 2 amide bonds. The lowest BCUT2D eigenvalue weighted by Gasteiger charge is -2.11. The first kappa shape index (κ1) is 20.1. The van der Waals surface area contributed by atoms with Crippen molar-refractivity contribution >= 4 is 17.5 Å². The standard InChI is InChI=1S/C18H18F3N7O/c1-12-7-10-28(27-12)16-6-5-15(25-26-16)22-8-9-23-17(29)24-14-4-2-3-13(11-14)18(19,20)21/h2-7,10-11H,8-9H2,1H3,(H,22,25)(H2,23,24,29). The number of carbonyl (C=O) groups excluding carboxylic acids is 1. The van der Waals surface area contributed by atoms with Gasteiger partial charge in [-0.15, -0.1) is 10.2 Å². The van der Waals surface area contributed by atoms with Gasteiger partial charge in [0, 0.05) is 25.0 Å². The first-order chi connectivity index (χ1) is 13.8. The molecular weight excluding hydrogens is 387 g/mol. The van der Waals surface area contributed by atoms with Gasteiger partial charge in [0.15, 0.2) is 5.82 Å². The van der Waals surface area contributed by atoms with Gasteiger partial charge in [-0.3, -0.25) is 0 Å². The maximum absolute atomic E-state index is 12.7. The lowest BCUT2D eigenvalue weighted by Crippen LogP contribution is -2.32. The average Bonchev–Trinajstić information content (AvgIpc) is 3.12. The van der Waals surface area contributed by atoms with Crippen LogP contribution < -0.4 is 16.0 Å². The highest BCUT2D eigenvalue weighted by atomic mass is 19.4. The Morgan fingerprint density at radius 2 is 1.93 bits per heavy atom. The molecule has 0 aliphatic carbocycles. The van der Waals surface area contributed by atoms with Crippen LogP contribution in [-0.2, 0) is 6.18 Å². The molecule has 0 aliphatic heterocycles. The van der Waals surface area contributed by atoms with Crippen molar-refractivity contribution in [2.45, 2.75) is 13.1 Å². The largest absolute Gasteiger partial charge is 0.416 e. The molecule has 0 saturated heterocycles. The van der Waals surface area contributed by atoms with E-state index in [9.17, 15) is 18.0 Å². The zero-order valence-corrected chi connectivity index (χ0v) is 15.4. The number of aromatic nitrogens is 4. The molecule has 0 saturated carbocycles. The van der Waals surface area contributed by atoms with Crippen LogP contribution in [0.15, 0.2) is 48.7 Å². The maximum Gasteiger partial charge on any atom is 0.416 e. The molecule has 0 aliphatic rings. The second kappa shape index (κ2) is 8.59. The Hall–Kier alpha value is -3.63. The molecule has 29 heavy (non-hydrogen) atoms. The second-order valence-electron chi connectivity index (χ2n) is 6.06. The summed E-state index contributed by atoms with van der Waals surface area (Å²) in [6, 6.07) is 9.13. The van der Waals surface area contributed by atoms with Gasteiger partial charge in [-0.25, -0.2) is 9.48 Å². The molecule has 1 aromatic carbocycles. The molecule has 3 aromatic rings. The van der Waals surface area contributed by atoms with Crippen LogP contribution in [-0.4, -0.2) is 39.1 Å². The summed E-state index contributed by atoms with van der Waals surface area (Å²) >= 11 is 0. The van der Waals surface area contributed by atoms with Crippen LogP contribution in [0.3, 0.4) is 0 Å². The Kier molecular flexibility index (Phi) is 5.96. The number of nitrogens with zero attached hydrogens (tertiary/aromatic N) is 4. The molecular formula is C18H18F3N7O. The van der Waals surface area contributed by atoms with Crippen molar-refractivity contribution in [3.63, 3.8) is 0 Å². The molecule has 152 valence electrons. The van der Waals surface area contributed by atoms with E-state index in [1.54, 1.807) is 23.0 Å². The molecule has 2 aromatic heterocycles. The minimum atomic E-state index is -4.47. The predicted octanol–water partition coefficient (Wildman–Crippen LogP) is 3.22. The van der Waals surface area contributed by atoms with E-state index in [0.717, 1.165) is 17.8 Å². The van der Waals surface area contributed by atoms with E-state index in [4.69, 9.17) is 0 Å². The summed E-state index contributed by atoms with van der Waals surface area (Å²) < 4.78 is 39.7. The summed E-state index contributed by atoms with van der Waals surface area (Å²) in [7, 11) is 0. The number of rotatable bonds is 6. The highest BCUT2D eigenvalue weighted by Crippen LogP contribution is 2.30. The van der Waals surface area contributed by atoms with Crippen LogP contribution in [0.4, 0.5) is 29.5 Å². The normalized spacial score (nSPS) is 11.2. The number of alkyl halides is 3. The number of anilines is 2. The van der Waals surface area contributed by atoms with E-state index in [2.05, 4.69) is 31.2 Å². The molecule has 0 spiro atoms. The summed E-state index contributed by atoms with van der Waals surface area (Å²) in [5.74, 6) is 1.08. The van der Waals surface area contributed by atoms with Gasteiger partial charge in [-0.2, -0.15) is 18.3 Å². The van der Waals surface area contributed by atoms with Crippen molar-refractivity contribution in [3.8, 4) is 5.82 Å². The van der Waals surface area contributed by atoms with Crippen molar-refractivity contribution in [3.05, 3.63) is 59.9 Å². The Morgan fingerprint density at radius 3 is 2.59 bits per heavy atom. The summed E-state index contributed by atoms with van der Waals surface area (Å²) in [6.07, 6.45) is -2.69. The van der Waals surface area contributed by atoms with E-state index in [1.807, 2.05) is 13.0 Å². The van der Waals surface area contributed by atoms with Gasteiger partial charge in [0.1, 0.15) is 5.82 Å². The zero-order valence-electron chi connectivity index (χ0n) is 15.4. The van der Waals surface area contributed by atoms with E-state index in [-0.39, 0.29) is 12.2 Å². The molecule has 3 N–H and O–H groups in total. The van der Waals surface area contributed by atoms with Crippen LogP contribution in [0.5, 0.6) is 0 Å². The zero-order chi connectivity index (χ0) is 20.9. The smallest absolute Gasteiger partial charge is 0.367 e. The number of halogens is 3. The van der Waals surface area contributed by atoms with Crippen molar-refractivity contribution in [1.82, 2.24) is 25.3 Å². The van der Waals surface area contributed by atoms with Crippen LogP contribution >= 0.6 is 0 Å². The highest BCUT2D eigenvalue weighted by Gasteiger charge is 2.30. The number of amides is 2. The maximum atomic E-state index is 12.7. The average molecular weight is 405 g/mol.